The Morgan fingerprint density at radius 3 is 2.69 bits per heavy atom. The normalized spacial score (nSPS) is 11.3. The van der Waals surface area contributed by atoms with E-state index in [0.29, 0.717) is 22.8 Å². The number of rotatable bonds is 8. The van der Waals surface area contributed by atoms with E-state index in [1.54, 1.807) is 24.4 Å². The second-order valence-electron chi connectivity index (χ2n) is 6.23. The molecule has 0 unspecified atom stereocenters. The molecule has 7 nitrogen and oxygen atoms in total. The summed E-state index contributed by atoms with van der Waals surface area (Å²) in [4.78, 5) is 29.7. The minimum atomic E-state index is -0.323. The Bertz CT molecular complexity index is 1070. The number of hydrazone groups is 1. The van der Waals surface area contributed by atoms with Crippen LogP contribution < -0.4 is 14.9 Å². The molecule has 3 rings (SSSR count). The van der Waals surface area contributed by atoms with Crippen LogP contribution >= 0.6 is 11.3 Å². The molecule has 1 N–H and O–H groups in total. The van der Waals surface area contributed by atoms with Crippen molar-refractivity contribution in [1.29, 1.82) is 0 Å². The van der Waals surface area contributed by atoms with E-state index in [1.807, 2.05) is 24.4 Å². The maximum absolute atomic E-state index is 12.4. The van der Waals surface area contributed by atoms with Crippen molar-refractivity contribution in [2.75, 3.05) is 14.2 Å². The molecule has 0 aliphatic rings. The molecule has 0 atom stereocenters. The first kappa shape index (κ1) is 20.5. The summed E-state index contributed by atoms with van der Waals surface area (Å²) in [6.07, 6.45) is 1.85. The van der Waals surface area contributed by atoms with E-state index in [9.17, 15) is 9.59 Å². The van der Waals surface area contributed by atoms with Crippen LogP contribution in [0, 0.1) is 0 Å². The molecule has 0 saturated carbocycles. The smallest absolute Gasteiger partial charge is 0.240 e. The number of carbonyl (C=O) groups is 2. The van der Waals surface area contributed by atoms with Crippen molar-refractivity contribution in [1.82, 2.24) is 10.4 Å². The molecule has 2 aromatic heterocycles. The van der Waals surface area contributed by atoms with Crippen molar-refractivity contribution in [3.63, 3.8) is 0 Å². The number of Topliss-reactive ketones (excluding diaryl/α,β-unsaturated/α-hetero) is 1. The zero-order chi connectivity index (χ0) is 20.8. The molecule has 0 aliphatic heterocycles. The lowest BCUT2D eigenvalue weighted by atomic mass is 10.1. The van der Waals surface area contributed by atoms with E-state index in [-0.39, 0.29) is 24.5 Å². The zero-order valence-corrected chi connectivity index (χ0v) is 17.2. The van der Waals surface area contributed by atoms with Crippen molar-refractivity contribution < 1.29 is 19.1 Å². The van der Waals surface area contributed by atoms with Gasteiger partial charge in [-0.3, -0.25) is 9.59 Å². The number of hydrogen-bond acceptors (Lipinski definition) is 7. The fraction of sp³-hybridized carbons (Fsp3) is 0.238. The Balaban J connectivity index is 1.58. The van der Waals surface area contributed by atoms with Gasteiger partial charge in [0.05, 0.1) is 19.9 Å². The number of ether oxygens (including phenoxy) is 2. The first-order valence-electron chi connectivity index (χ1n) is 8.94. The molecule has 8 heteroatoms. The summed E-state index contributed by atoms with van der Waals surface area (Å²) in [6, 6.07) is 8.76. The number of nitrogens with one attached hydrogen (secondary N) is 1. The molecule has 0 saturated heterocycles. The van der Waals surface area contributed by atoms with Gasteiger partial charge in [-0.05, 0) is 37.3 Å². The van der Waals surface area contributed by atoms with Crippen LogP contribution in [0.2, 0.25) is 0 Å². The van der Waals surface area contributed by atoms with Crippen LogP contribution in [0.3, 0.4) is 0 Å². The molecular formula is C21H21N3O4S. The monoisotopic (exact) mass is 411 g/mol. The summed E-state index contributed by atoms with van der Waals surface area (Å²) >= 11 is 1.53. The van der Waals surface area contributed by atoms with Crippen LogP contribution in [0.15, 0.2) is 47.0 Å². The Morgan fingerprint density at radius 2 is 1.93 bits per heavy atom. The molecule has 2 heterocycles. The maximum atomic E-state index is 12.4. The highest BCUT2D eigenvalue weighted by Crippen LogP contribution is 2.28. The summed E-state index contributed by atoms with van der Waals surface area (Å²) in [5.74, 6) is 0.538. The van der Waals surface area contributed by atoms with Crippen LogP contribution in [0.5, 0.6) is 11.5 Å². The number of aromatic nitrogens is 1. The standard InChI is InChI=1S/C21H21N3O4S/c1-13(16-12-29-21-15(16)5-4-10-22-21)23-24-20(26)9-7-17(25)14-6-8-18(27-2)19(11-14)28-3/h4-6,8,10-12H,7,9H2,1-3H3,(H,24,26)/b23-13+. The number of carbonyl (C=O) groups excluding carboxylic acids is 2. The van der Waals surface area contributed by atoms with Gasteiger partial charge in [0.25, 0.3) is 0 Å². The largest absolute Gasteiger partial charge is 0.493 e. The number of thiophene rings is 1. The third-order valence-corrected chi connectivity index (χ3v) is 5.27. The number of benzene rings is 1. The fourth-order valence-electron chi connectivity index (χ4n) is 2.79. The summed E-state index contributed by atoms with van der Waals surface area (Å²) in [5, 5.41) is 7.12. The maximum Gasteiger partial charge on any atom is 0.240 e. The summed E-state index contributed by atoms with van der Waals surface area (Å²) < 4.78 is 10.4. The van der Waals surface area contributed by atoms with E-state index in [4.69, 9.17) is 9.47 Å². The van der Waals surface area contributed by atoms with E-state index < -0.39 is 0 Å². The Labute approximate surface area is 172 Å². The van der Waals surface area contributed by atoms with Crippen molar-refractivity contribution >= 4 is 39.0 Å². The minimum absolute atomic E-state index is 0.0376. The van der Waals surface area contributed by atoms with Gasteiger partial charge in [0.15, 0.2) is 17.3 Å². The van der Waals surface area contributed by atoms with Gasteiger partial charge in [0.2, 0.25) is 5.91 Å². The average molecular weight is 411 g/mol. The SMILES string of the molecule is COc1ccc(C(=O)CCC(=O)N/N=C(\C)c2csc3ncccc23)cc1OC. The number of methoxy groups -OCH3 is 2. The van der Waals surface area contributed by atoms with Gasteiger partial charge in [-0.15, -0.1) is 11.3 Å². The van der Waals surface area contributed by atoms with Gasteiger partial charge < -0.3 is 9.47 Å². The van der Waals surface area contributed by atoms with Crippen molar-refractivity contribution in [2.45, 2.75) is 19.8 Å². The first-order valence-corrected chi connectivity index (χ1v) is 9.82. The molecule has 0 fully saturated rings. The molecule has 0 radical (unpaired) electrons. The number of ketones is 1. The van der Waals surface area contributed by atoms with E-state index in [0.717, 1.165) is 15.8 Å². The Kier molecular flexibility index (Phi) is 6.56. The highest BCUT2D eigenvalue weighted by Gasteiger charge is 2.13. The Hall–Kier alpha value is -3.26. The van der Waals surface area contributed by atoms with Gasteiger partial charge in [-0.1, -0.05) is 0 Å². The second kappa shape index (κ2) is 9.29. The van der Waals surface area contributed by atoms with Crippen LogP contribution in [-0.4, -0.2) is 36.6 Å². The predicted octanol–water partition coefficient (Wildman–Crippen LogP) is 3.82. The first-order chi connectivity index (χ1) is 14.0. The van der Waals surface area contributed by atoms with Crippen molar-refractivity contribution in [2.24, 2.45) is 5.10 Å². The quantitative estimate of drug-likeness (QED) is 0.346. The third kappa shape index (κ3) is 4.78. The van der Waals surface area contributed by atoms with Gasteiger partial charge in [0, 0.05) is 40.9 Å². The summed E-state index contributed by atoms with van der Waals surface area (Å²) in [7, 11) is 3.04. The average Bonchev–Trinajstić information content (AvgIpc) is 3.19. The van der Waals surface area contributed by atoms with E-state index in [2.05, 4.69) is 15.5 Å². The van der Waals surface area contributed by atoms with Crippen LogP contribution in [0.25, 0.3) is 10.2 Å². The minimum Gasteiger partial charge on any atom is -0.493 e. The number of amides is 1. The van der Waals surface area contributed by atoms with Crippen molar-refractivity contribution in [3.8, 4) is 11.5 Å². The Morgan fingerprint density at radius 1 is 1.14 bits per heavy atom. The van der Waals surface area contributed by atoms with Crippen LogP contribution in [0.1, 0.15) is 35.7 Å². The summed E-state index contributed by atoms with van der Waals surface area (Å²) in [6.45, 7) is 1.82. The highest BCUT2D eigenvalue weighted by atomic mass is 32.1. The topological polar surface area (TPSA) is 89.9 Å². The van der Waals surface area contributed by atoms with E-state index in [1.165, 1.54) is 25.6 Å². The zero-order valence-electron chi connectivity index (χ0n) is 16.4. The van der Waals surface area contributed by atoms with Gasteiger partial charge in [-0.25, -0.2) is 10.4 Å². The third-order valence-electron chi connectivity index (χ3n) is 4.37. The number of hydrogen-bond donors (Lipinski definition) is 1. The molecular weight excluding hydrogens is 390 g/mol. The molecule has 0 bridgehead atoms. The lowest BCUT2D eigenvalue weighted by molar-refractivity contribution is -0.121. The van der Waals surface area contributed by atoms with Gasteiger partial charge in [0.1, 0.15) is 4.83 Å². The molecule has 150 valence electrons. The summed E-state index contributed by atoms with van der Waals surface area (Å²) in [5.41, 5.74) is 4.60. The number of pyridine rings is 1. The molecule has 1 aromatic carbocycles. The van der Waals surface area contributed by atoms with Crippen molar-refractivity contribution in [3.05, 3.63) is 53.0 Å². The molecule has 0 spiro atoms. The number of fused-ring (bicyclic) bond motifs is 1. The lowest BCUT2D eigenvalue weighted by Gasteiger charge is -2.09. The molecule has 3 aromatic rings. The van der Waals surface area contributed by atoms with Crippen LogP contribution in [-0.2, 0) is 4.79 Å². The molecule has 1 amide bonds. The van der Waals surface area contributed by atoms with Crippen LogP contribution in [0.4, 0.5) is 0 Å². The predicted molar refractivity (Wildman–Crippen MR) is 113 cm³/mol. The molecule has 29 heavy (non-hydrogen) atoms. The van der Waals surface area contributed by atoms with E-state index >= 15 is 0 Å². The number of nitrogens with zero attached hydrogens (tertiary/aromatic N) is 2. The highest BCUT2D eigenvalue weighted by molar-refractivity contribution is 7.17. The van der Waals surface area contributed by atoms with Gasteiger partial charge >= 0.3 is 0 Å². The lowest BCUT2D eigenvalue weighted by Crippen LogP contribution is -2.20. The molecule has 0 aliphatic carbocycles. The van der Waals surface area contributed by atoms with Gasteiger partial charge in [-0.2, -0.15) is 5.10 Å². The fourth-order valence-corrected chi connectivity index (χ4v) is 3.75. The second-order valence-corrected chi connectivity index (χ2v) is 7.09.